The van der Waals surface area contributed by atoms with Crippen molar-refractivity contribution in [1.82, 2.24) is 18.7 Å². The number of pyridine rings is 1. The summed E-state index contributed by atoms with van der Waals surface area (Å²) in [4.78, 5) is 9.80. The third kappa shape index (κ3) is 7.01. The maximum Gasteiger partial charge on any atom is 0.135 e. The second-order valence-electron chi connectivity index (χ2n) is 20.2. The van der Waals surface area contributed by atoms with E-state index in [1.165, 1.54) is 27.1 Å². The smallest absolute Gasteiger partial charge is 0.135 e. The van der Waals surface area contributed by atoms with Gasteiger partial charge in [0.15, 0.2) is 0 Å². The molecule has 0 fully saturated rings. The predicted octanol–water partition coefficient (Wildman–Crippen LogP) is 16.7. The van der Waals surface area contributed by atoms with Crippen molar-refractivity contribution >= 4 is 82.5 Å². The first-order chi connectivity index (χ1) is 35.7. The van der Waals surface area contributed by atoms with Crippen LogP contribution in [0.2, 0.25) is 0 Å². The van der Waals surface area contributed by atoms with Gasteiger partial charge in [-0.1, -0.05) is 135 Å². The minimum atomic E-state index is -0.174. The number of ether oxygens (including phenoxy) is 1. The van der Waals surface area contributed by atoms with Crippen LogP contribution in [0.3, 0.4) is 0 Å². The fourth-order valence-electron chi connectivity index (χ4n) is 11.5. The van der Waals surface area contributed by atoms with Crippen LogP contribution in [0.4, 0.5) is 17.1 Å². The zero-order valence-electron chi connectivity index (χ0n) is 41.5. The molecule has 1 aliphatic rings. The van der Waals surface area contributed by atoms with Gasteiger partial charge in [-0.3, -0.25) is 0 Å². The summed E-state index contributed by atoms with van der Waals surface area (Å²) < 4.78 is 13.9. The van der Waals surface area contributed by atoms with Gasteiger partial charge in [-0.25, -0.2) is 4.98 Å². The molecule has 0 unspecified atom stereocenters. The van der Waals surface area contributed by atoms with E-state index in [-0.39, 0.29) is 26.5 Å². The summed E-state index contributed by atoms with van der Waals surface area (Å²) in [5, 5.41) is 7.07. The number of aryl methyl sites for hydroxylation is 1. The fraction of sp³-hybridized carbons (Fsp3) is 0.0909. The van der Waals surface area contributed by atoms with Crippen molar-refractivity contribution in [2.24, 2.45) is 0 Å². The van der Waals surface area contributed by atoms with Crippen molar-refractivity contribution in [3.63, 3.8) is 0 Å². The summed E-state index contributed by atoms with van der Waals surface area (Å²) in [6, 6.07) is 76.5. The zero-order chi connectivity index (χ0) is 49.1. The monoisotopic (exact) mass is 1140 g/mol. The molecule has 14 rings (SSSR count). The minimum absolute atomic E-state index is 0. The third-order valence-electron chi connectivity index (χ3n) is 14.8. The first kappa shape index (κ1) is 45.5. The van der Waals surface area contributed by atoms with Crippen LogP contribution in [0.5, 0.6) is 11.5 Å². The quantitative estimate of drug-likeness (QED) is 0.149. The molecule has 0 N–H and O–H groups in total. The molecule has 4 aromatic heterocycles. The van der Waals surface area contributed by atoms with Crippen molar-refractivity contribution in [3.05, 3.63) is 230 Å². The predicted molar refractivity (Wildman–Crippen MR) is 302 cm³/mol. The number of anilines is 3. The summed E-state index contributed by atoms with van der Waals surface area (Å²) in [6.07, 6.45) is 2.10. The second kappa shape index (κ2) is 17.4. The number of fused-ring (bicyclic) bond motifs is 10. The van der Waals surface area contributed by atoms with Crippen molar-refractivity contribution in [3.8, 4) is 39.8 Å². The number of aromatic nitrogens is 4. The van der Waals surface area contributed by atoms with Gasteiger partial charge < -0.3 is 28.2 Å². The molecule has 0 saturated carbocycles. The van der Waals surface area contributed by atoms with E-state index in [2.05, 4.69) is 259 Å². The third-order valence-corrected chi connectivity index (χ3v) is 14.8. The van der Waals surface area contributed by atoms with Crippen LogP contribution in [0, 0.1) is 25.7 Å². The maximum atomic E-state index is 6.70. The number of para-hydroxylation sites is 7. The van der Waals surface area contributed by atoms with Crippen molar-refractivity contribution in [2.75, 3.05) is 16.8 Å². The van der Waals surface area contributed by atoms with Gasteiger partial charge in [0, 0.05) is 88.3 Å². The molecular formula is C66H49N6OPt-3. The molecule has 74 heavy (non-hydrogen) atoms. The summed E-state index contributed by atoms with van der Waals surface area (Å²) in [5.74, 6) is 2.00. The Kier molecular flexibility index (Phi) is 10.7. The van der Waals surface area contributed by atoms with E-state index in [1.54, 1.807) is 0 Å². The van der Waals surface area contributed by atoms with Crippen LogP contribution in [0.15, 0.2) is 200 Å². The molecule has 0 spiro atoms. The average molecular weight is 1140 g/mol. The van der Waals surface area contributed by atoms with E-state index in [0.717, 1.165) is 94.8 Å². The Morgan fingerprint density at radius 3 is 1.61 bits per heavy atom. The molecule has 8 heteroatoms. The summed E-state index contributed by atoms with van der Waals surface area (Å²) >= 11 is 0. The van der Waals surface area contributed by atoms with E-state index in [0.29, 0.717) is 11.5 Å². The van der Waals surface area contributed by atoms with Gasteiger partial charge in [-0.05, 0) is 90.5 Å². The van der Waals surface area contributed by atoms with Crippen molar-refractivity contribution < 1.29 is 25.8 Å². The molecule has 7 nitrogen and oxygen atoms in total. The molecule has 0 amide bonds. The molecular weight excluding hydrogens is 1090 g/mol. The van der Waals surface area contributed by atoms with Crippen LogP contribution in [0.1, 0.15) is 31.9 Å². The molecule has 1 aliphatic heterocycles. The SMILES string of the molecule is Cc1cc(-n2c3[c-]c(Oc4[c-]c(N5[CH-]N(C)c6ccccc65)ccc4)ccc3c3cccc(C(C)(C)C)c32)ncc1-c1c(-n2c3ccccc3c3ccccc32)cccc1-n1c2ccccc2c2ccccc21.[Pt]. The van der Waals surface area contributed by atoms with E-state index in [1.807, 2.05) is 18.2 Å². The van der Waals surface area contributed by atoms with Crippen molar-refractivity contribution in [2.45, 2.75) is 33.1 Å². The Balaban J connectivity index is 0.00000528. The first-order valence-electron chi connectivity index (χ1n) is 24.9. The Hall–Kier alpha value is -8.38. The Morgan fingerprint density at radius 2 is 1.01 bits per heavy atom. The first-order valence-corrected chi connectivity index (χ1v) is 24.9. The Labute approximate surface area is 444 Å². The number of rotatable bonds is 7. The maximum absolute atomic E-state index is 6.70. The number of hydrogen-bond acceptors (Lipinski definition) is 4. The van der Waals surface area contributed by atoms with Crippen LogP contribution >= 0.6 is 0 Å². The average Bonchev–Trinajstić information content (AvgIpc) is 4.14. The van der Waals surface area contributed by atoms with Gasteiger partial charge in [-0.2, -0.15) is 18.8 Å². The van der Waals surface area contributed by atoms with E-state index in [9.17, 15) is 0 Å². The number of nitrogens with zero attached hydrogens (tertiary/aromatic N) is 6. The van der Waals surface area contributed by atoms with Gasteiger partial charge >= 0.3 is 0 Å². The topological polar surface area (TPSA) is 43.4 Å². The zero-order valence-corrected chi connectivity index (χ0v) is 43.8. The van der Waals surface area contributed by atoms with E-state index in [4.69, 9.17) is 9.72 Å². The van der Waals surface area contributed by atoms with E-state index < -0.39 is 0 Å². The Morgan fingerprint density at radius 1 is 0.500 bits per heavy atom. The molecule has 0 bridgehead atoms. The van der Waals surface area contributed by atoms with Gasteiger partial charge in [0.25, 0.3) is 0 Å². The summed E-state index contributed by atoms with van der Waals surface area (Å²) in [5.41, 5.74) is 16.2. The van der Waals surface area contributed by atoms with Gasteiger partial charge in [0.2, 0.25) is 0 Å². The second-order valence-corrected chi connectivity index (χ2v) is 20.2. The Bertz CT molecular complexity index is 4140. The molecule has 0 atom stereocenters. The standard InChI is InChI=1S/C66H49N6O.Pt/c1-42-37-63(72-62-39-45(35-36-50(62)51-25-17-26-53(65(51)72)66(2,3)4)73-44-20-16-19-43(38-44)69-41-68(5)58-31-14-15-32-59(58)69)67-40-52(42)64-60(70-54-27-10-6-21-46(54)47-22-7-11-28-55(47)70)33-18-34-61(64)71-56-29-12-8-23-48(56)49-24-9-13-30-57(49)71;/h6-37,40-41H,1-5H3;/q-3;. The fourth-order valence-corrected chi connectivity index (χ4v) is 11.5. The molecule has 0 radical (unpaired) electrons. The van der Waals surface area contributed by atoms with Crippen LogP contribution < -0.4 is 14.5 Å². The molecule has 13 aromatic rings. The molecule has 0 aliphatic carbocycles. The van der Waals surface area contributed by atoms with Crippen LogP contribution in [-0.4, -0.2) is 25.7 Å². The van der Waals surface area contributed by atoms with Gasteiger partial charge in [0.05, 0.1) is 33.4 Å². The van der Waals surface area contributed by atoms with E-state index >= 15 is 0 Å². The van der Waals surface area contributed by atoms with Gasteiger partial charge in [-0.15, -0.1) is 41.4 Å². The normalized spacial score (nSPS) is 12.7. The van der Waals surface area contributed by atoms with Crippen molar-refractivity contribution in [1.29, 1.82) is 0 Å². The number of benzene rings is 9. The number of hydrogen-bond donors (Lipinski definition) is 0. The molecule has 9 aromatic carbocycles. The molecule has 5 heterocycles. The summed E-state index contributed by atoms with van der Waals surface area (Å²) in [7, 11) is 2.06. The van der Waals surface area contributed by atoms with Crippen LogP contribution in [-0.2, 0) is 26.5 Å². The van der Waals surface area contributed by atoms with Gasteiger partial charge in [0.1, 0.15) is 5.82 Å². The summed E-state index contributed by atoms with van der Waals surface area (Å²) in [6.45, 7) is 11.2. The molecule has 0 saturated heterocycles. The largest absolute Gasteiger partial charge is 0.509 e. The minimum Gasteiger partial charge on any atom is -0.509 e. The van der Waals surface area contributed by atoms with Crippen LogP contribution in [0.25, 0.3) is 93.7 Å². The molecule has 362 valence electrons.